The van der Waals surface area contributed by atoms with Crippen LogP contribution in [-0.2, 0) is 33.2 Å². The molecule has 0 aromatic rings. The Morgan fingerprint density at radius 3 is 0.967 bits per heavy atom. The Morgan fingerprint density at radius 1 is 0.356 bits per heavy atom. The second-order valence-electron chi connectivity index (χ2n) is 27.1. The van der Waals surface area contributed by atoms with E-state index in [1.807, 2.05) is 0 Å². The summed E-state index contributed by atoms with van der Waals surface area (Å²) in [5, 5.41) is 121. The van der Waals surface area contributed by atoms with E-state index >= 15 is 0 Å². The molecule has 3 aliphatic heterocycles. The van der Waals surface area contributed by atoms with E-state index in [9.17, 15) is 61.0 Å². The highest BCUT2D eigenvalue weighted by atomic mass is 16.8. The fourth-order valence-corrected chi connectivity index (χ4v) is 13.1. The number of nitrogens with one attached hydrogen (secondary N) is 1. The Kier molecular flexibility index (Phi) is 49.7. The first-order chi connectivity index (χ1) is 43.8. The van der Waals surface area contributed by atoms with Gasteiger partial charge in [0.1, 0.15) is 73.2 Å². The summed E-state index contributed by atoms with van der Waals surface area (Å²) in [5.74, 6) is -0.237. The van der Waals surface area contributed by atoms with Crippen LogP contribution in [0.5, 0.6) is 0 Å². The van der Waals surface area contributed by atoms with Gasteiger partial charge in [-0.3, -0.25) is 4.79 Å². The average Bonchev–Trinajstić information content (AvgIpc) is 0.813. The lowest BCUT2D eigenvalue weighted by Crippen LogP contribution is -2.66. The summed E-state index contributed by atoms with van der Waals surface area (Å²) in [4.78, 5) is 13.4. The van der Waals surface area contributed by atoms with Crippen LogP contribution in [0.1, 0.15) is 316 Å². The smallest absolute Gasteiger partial charge is 0.220 e. The lowest BCUT2D eigenvalue weighted by atomic mass is 9.96. The Bertz CT molecular complexity index is 1640. The van der Waals surface area contributed by atoms with Gasteiger partial charge >= 0.3 is 0 Å². The van der Waals surface area contributed by atoms with Gasteiger partial charge in [0.05, 0.1) is 38.6 Å². The van der Waals surface area contributed by atoms with E-state index in [4.69, 9.17) is 28.4 Å². The van der Waals surface area contributed by atoms with Crippen molar-refractivity contribution in [2.75, 3.05) is 26.4 Å². The van der Waals surface area contributed by atoms with Gasteiger partial charge in [-0.15, -0.1) is 0 Å². The number of unbranched alkanes of at least 4 members (excludes halogenated alkanes) is 43. The molecule has 17 atom stereocenters. The predicted molar refractivity (Wildman–Crippen MR) is 351 cm³/mol. The molecule has 3 rings (SSSR count). The number of rotatable bonds is 59. The van der Waals surface area contributed by atoms with E-state index in [1.165, 1.54) is 238 Å². The molecule has 90 heavy (non-hydrogen) atoms. The van der Waals surface area contributed by atoms with Gasteiger partial charge in [0.2, 0.25) is 5.91 Å². The van der Waals surface area contributed by atoms with E-state index in [-0.39, 0.29) is 18.9 Å². The molecular formula is C71H137NO18. The Morgan fingerprint density at radius 2 is 0.633 bits per heavy atom. The summed E-state index contributed by atoms with van der Waals surface area (Å²) < 4.78 is 34.4. The van der Waals surface area contributed by atoms with E-state index in [1.54, 1.807) is 0 Å². The first kappa shape index (κ1) is 83.0. The topological polar surface area (TPSA) is 307 Å². The molecular weight excluding hydrogens is 1150 g/mol. The van der Waals surface area contributed by atoms with Crippen molar-refractivity contribution >= 4 is 5.91 Å². The number of carbonyl (C=O) groups excluding carboxylic acids is 1. The molecule has 3 saturated heterocycles. The fraction of sp³-hybridized carbons (Fsp3) is 0.986. The third kappa shape index (κ3) is 35.2. The zero-order valence-corrected chi connectivity index (χ0v) is 56.7. The number of ether oxygens (including phenoxy) is 6. The molecule has 19 heteroatoms. The van der Waals surface area contributed by atoms with Crippen LogP contribution in [-0.4, -0.2) is 193 Å². The van der Waals surface area contributed by atoms with Gasteiger partial charge < -0.3 is 89.9 Å². The van der Waals surface area contributed by atoms with E-state index in [0.717, 1.165) is 44.9 Å². The summed E-state index contributed by atoms with van der Waals surface area (Å²) in [6.07, 6.45) is 32.3. The molecule has 0 saturated carbocycles. The van der Waals surface area contributed by atoms with Gasteiger partial charge in [-0.1, -0.05) is 296 Å². The summed E-state index contributed by atoms with van der Waals surface area (Å²) in [5.41, 5.74) is 0. The van der Waals surface area contributed by atoms with E-state index in [0.29, 0.717) is 12.8 Å². The number of hydrogen-bond donors (Lipinski definition) is 12. The van der Waals surface area contributed by atoms with Crippen LogP contribution < -0.4 is 5.32 Å². The molecule has 0 bridgehead atoms. The van der Waals surface area contributed by atoms with Crippen LogP contribution in [0.4, 0.5) is 0 Å². The molecule has 12 N–H and O–H groups in total. The SMILES string of the molecule is CCCCCCCCCCCCCCCCCCCCCCCCCCCCCCCCCCCCC(=O)NC(COC1OC(CO)C(OC2OC(CO)C(OC3OC(CO)C(O)C(O)C3O)C(O)C2O)C(O)C1O)C(O)CCCCCCCCCCCCC. The van der Waals surface area contributed by atoms with E-state index < -0.39 is 124 Å². The number of hydrogen-bond acceptors (Lipinski definition) is 18. The van der Waals surface area contributed by atoms with E-state index in [2.05, 4.69) is 19.2 Å². The summed E-state index contributed by atoms with van der Waals surface area (Å²) in [7, 11) is 0. The van der Waals surface area contributed by atoms with Crippen molar-refractivity contribution in [3.8, 4) is 0 Å². The van der Waals surface area contributed by atoms with Gasteiger partial charge in [-0.2, -0.15) is 0 Å². The van der Waals surface area contributed by atoms with Gasteiger partial charge in [0.25, 0.3) is 0 Å². The van der Waals surface area contributed by atoms with Crippen molar-refractivity contribution in [1.29, 1.82) is 0 Å². The number of carbonyl (C=O) groups is 1. The molecule has 0 spiro atoms. The zero-order chi connectivity index (χ0) is 65.4. The second-order valence-corrected chi connectivity index (χ2v) is 27.1. The maximum atomic E-state index is 13.4. The first-order valence-corrected chi connectivity index (χ1v) is 37.3. The first-order valence-electron chi connectivity index (χ1n) is 37.3. The van der Waals surface area contributed by atoms with Crippen LogP contribution in [0.15, 0.2) is 0 Å². The number of aliphatic hydroxyl groups excluding tert-OH is 11. The highest BCUT2D eigenvalue weighted by Gasteiger charge is 2.53. The van der Waals surface area contributed by atoms with Crippen molar-refractivity contribution in [3.05, 3.63) is 0 Å². The van der Waals surface area contributed by atoms with Crippen molar-refractivity contribution < 1.29 is 89.4 Å². The highest BCUT2D eigenvalue weighted by molar-refractivity contribution is 5.76. The summed E-state index contributed by atoms with van der Waals surface area (Å²) in [6.45, 7) is 1.82. The molecule has 0 aliphatic carbocycles. The summed E-state index contributed by atoms with van der Waals surface area (Å²) in [6, 6.07) is -0.881. The van der Waals surface area contributed by atoms with Crippen molar-refractivity contribution in [3.63, 3.8) is 0 Å². The molecule has 0 aromatic carbocycles. The molecule has 0 radical (unpaired) electrons. The number of aliphatic hydroxyl groups is 11. The molecule has 0 aromatic heterocycles. The van der Waals surface area contributed by atoms with Crippen LogP contribution in [0.25, 0.3) is 0 Å². The van der Waals surface area contributed by atoms with Gasteiger partial charge in [0.15, 0.2) is 18.9 Å². The average molecular weight is 1290 g/mol. The number of amides is 1. The Balaban J connectivity index is 1.30. The maximum absolute atomic E-state index is 13.4. The van der Waals surface area contributed by atoms with Gasteiger partial charge in [-0.25, -0.2) is 0 Å². The van der Waals surface area contributed by atoms with Crippen molar-refractivity contribution in [2.45, 2.75) is 420 Å². The lowest BCUT2D eigenvalue weighted by molar-refractivity contribution is -0.379. The van der Waals surface area contributed by atoms with Crippen LogP contribution in [0.2, 0.25) is 0 Å². The normalized spacial score (nSPS) is 27.9. The second kappa shape index (κ2) is 53.9. The lowest BCUT2D eigenvalue weighted by Gasteiger charge is -2.48. The Labute approximate surface area is 544 Å². The predicted octanol–water partition coefficient (Wildman–Crippen LogP) is 10.7. The standard InChI is InChI=1S/C71H137NO18/c1-3-5-7-9-11-13-15-16-17-18-19-20-21-22-23-24-25-26-27-28-29-30-31-32-33-34-35-36-37-39-41-43-45-47-49-59(77)72-54(55(76)48-46-44-42-40-38-14-12-10-8-6-4-2)53-85-69-65(83)62(80)67(57(51-74)87-69)90-71-66(84)63(81)68(58(52-75)88-71)89-70-64(82)61(79)60(78)56(50-73)86-70/h54-58,60-71,73-76,78-84H,3-53H2,1-2H3,(H,72,77). The van der Waals surface area contributed by atoms with Crippen molar-refractivity contribution in [2.24, 2.45) is 0 Å². The molecule has 534 valence electrons. The highest BCUT2D eigenvalue weighted by Crippen LogP contribution is 2.33. The maximum Gasteiger partial charge on any atom is 0.220 e. The third-order valence-corrected chi connectivity index (χ3v) is 19.2. The minimum absolute atomic E-state index is 0.237. The van der Waals surface area contributed by atoms with Crippen LogP contribution >= 0.6 is 0 Å². The Hall–Kier alpha value is -1.21. The van der Waals surface area contributed by atoms with Crippen molar-refractivity contribution in [1.82, 2.24) is 5.32 Å². The third-order valence-electron chi connectivity index (χ3n) is 19.2. The minimum Gasteiger partial charge on any atom is -0.394 e. The molecule has 3 heterocycles. The van der Waals surface area contributed by atoms with Crippen LogP contribution in [0.3, 0.4) is 0 Å². The quantitative estimate of drug-likeness (QED) is 0.0252. The monoisotopic (exact) mass is 1290 g/mol. The van der Waals surface area contributed by atoms with Crippen LogP contribution in [0, 0.1) is 0 Å². The molecule has 1 amide bonds. The zero-order valence-electron chi connectivity index (χ0n) is 56.7. The van der Waals surface area contributed by atoms with Gasteiger partial charge in [-0.05, 0) is 12.8 Å². The summed E-state index contributed by atoms with van der Waals surface area (Å²) >= 11 is 0. The molecule has 3 aliphatic rings. The van der Waals surface area contributed by atoms with Gasteiger partial charge in [0, 0.05) is 6.42 Å². The largest absolute Gasteiger partial charge is 0.394 e. The fourth-order valence-electron chi connectivity index (χ4n) is 13.1. The molecule has 17 unspecified atom stereocenters. The minimum atomic E-state index is -1.97. The molecule has 3 fully saturated rings. The molecule has 19 nitrogen and oxygen atoms in total.